The van der Waals surface area contributed by atoms with Gasteiger partial charge in [0.15, 0.2) is 0 Å². The highest BCUT2D eigenvalue weighted by atomic mass is 16.4. The number of nitrogens with zero attached hydrogens (tertiary/aromatic N) is 5. The van der Waals surface area contributed by atoms with E-state index < -0.39 is 5.97 Å². The van der Waals surface area contributed by atoms with Crippen LogP contribution in [0.25, 0.3) is 0 Å². The van der Waals surface area contributed by atoms with Gasteiger partial charge < -0.3 is 14.6 Å². The fourth-order valence-corrected chi connectivity index (χ4v) is 3.24. The number of likely N-dealkylation sites (tertiary alicyclic amines) is 1. The SMILES string of the molecule is Cn1cc([C@@H]2CN(C(=O)c3ccc(=O)n(C)c3)C[C@@H]2CC(=O)O)nn1. The van der Waals surface area contributed by atoms with E-state index in [1.807, 2.05) is 0 Å². The van der Waals surface area contributed by atoms with Crippen LogP contribution in [-0.2, 0) is 18.9 Å². The molecule has 3 heterocycles. The number of carboxylic acids is 1. The Hall–Kier alpha value is -2.97. The Kier molecular flexibility index (Phi) is 4.39. The molecular formula is C16H19N5O4. The van der Waals surface area contributed by atoms with E-state index >= 15 is 0 Å². The van der Waals surface area contributed by atoms with Crippen LogP contribution in [0.3, 0.4) is 0 Å². The molecule has 1 amide bonds. The molecule has 9 heteroatoms. The second-order valence-electron chi connectivity index (χ2n) is 6.36. The molecule has 2 aromatic rings. The van der Waals surface area contributed by atoms with Gasteiger partial charge in [-0.15, -0.1) is 5.10 Å². The highest BCUT2D eigenvalue weighted by Crippen LogP contribution is 2.34. The first-order chi connectivity index (χ1) is 11.8. The molecule has 3 rings (SSSR count). The largest absolute Gasteiger partial charge is 0.481 e. The van der Waals surface area contributed by atoms with Gasteiger partial charge in [0.1, 0.15) is 0 Å². The van der Waals surface area contributed by atoms with E-state index in [2.05, 4.69) is 10.3 Å². The lowest BCUT2D eigenvalue weighted by atomic mass is 9.91. The molecule has 0 radical (unpaired) electrons. The van der Waals surface area contributed by atoms with Crippen molar-refractivity contribution >= 4 is 11.9 Å². The van der Waals surface area contributed by atoms with Gasteiger partial charge in [-0.1, -0.05) is 5.21 Å². The zero-order chi connectivity index (χ0) is 18.1. The second kappa shape index (κ2) is 6.50. The van der Waals surface area contributed by atoms with E-state index in [0.29, 0.717) is 24.3 Å². The number of carbonyl (C=O) groups is 2. The highest BCUT2D eigenvalue weighted by Gasteiger charge is 2.39. The van der Waals surface area contributed by atoms with Gasteiger partial charge in [0.2, 0.25) is 5.56 Å². The van der Waals surface area contributed by atoms with Crippen molar-refractivity contribution in [3.05, 3.63) is 46.1 Å². The van der Waals surface area contributed by atoms with E-state index in [1.54, 1.807) is 29.9 Å². The summed E-state index contributed by atoms with van der Waals surface area (Å²) in [5.41, 5.74) is 0.889. The van der Waals surface area contributed by atoms with Crippen LogP contribution in [0.4, 0.5) is 0 Å². The number of carbonyl (C=O) groups excluding carboxylic acids is 1. The Labute approximate surface area is 143 Å². The van der Waals surface area contributed by atoms with Gasteiger partial charge in [0, 0.05) is 51.6 Å². The van der Waals surface area contributed by atoms with Crippen LogP contribution in [0.5, 0.6) is 0 Å². The number of amides is 1. The molecule has 2 aromatic heterocycles. The van der Waals surface area contributed by atoms with Crippen molar-refractivity contribution in [3.8, 4) is 0 Å². The summed E-state index contributed by atoms with van der Waals surface area (Å²) >= 11 is 0. The van der Waals surface area contributed by atoms with Gasteiger partial charge in [-0.05, 0) is 12.0 Å². The molecule has 1 saturated heterocycles. The van der Waals surface area contributed by atoms with Gasteiger partial charge in [0.25, 0.3) is 5.91 Å². The summed E-state index contributed by atoms with van der Waals surface area (Å²) in [6.45, 7) is 0.702. The maximum absolute atomic E-state index is 12.7. The van der Waals surface area contributed by atoms with Gasteiger partial charge in [-0.25, -0.2) is 0 Å². The fraction of sp³-hybridized carbons (Fsp3) is 0.438. The molecule has 0 saturated carbocycles. The molecule has 132 valence electrons. The summed E-state index contributed by atoms with van der Waals surface area (Å²) < 4.78 is 2.91. The van der Waals surface area contributed by atoms with E-state index in [-0.39, 0.29) is 29.7 Å². The molecule has 0 aliphatic carbocycles. The predicted molar refractivity (Wildman–Crippen MR) is 87.1 cm³/mol. The fourth-order valence-electron chi connectivity index (χ4n) is 3.24. The average molecular weight is 345 g/mol. The molecule has 1 fully saturated rings. The Morgan fingerprint density at radius 2 is 2.00 bits per heavy atom. The number of aliphatic carboxylic acids is 1. The molecular weight excluding hydrogens is 326 g/mol. The summed E-state index contributed by atoms with van der Waals surface area (Å²) in [6.07, 6.45) is 3.20. The van der Waals surface area contributed by atoms with E-state index in [1.165, 1.54) is 22.9 Å². The van der Waals surface area contributed by atoms with E-state index in [9.17, 15) is 14.4 Å². The minimum absolute atomic E-state index is 0.0434. The molecule has 25 heavy (non-hydrogen) atoms. The number of pyridine rings is 1. The summed E-state index contributed by atoms with van der Waals surface area (Å²) in [7, 11) is 3.32. The Balaban J connectivity index is 1.85. The van der Waals surface area contributed by atoms with Crippen molar-refractivity contribution in [2.45, 2.75) is 12.3 Å². The zero-order valence-corrected chi connectivity index (χ0v) is 14.0. The average Bonchev–Trinajstić information content (AvgIpc) is 3.15. The number of carboxylic acid groups (broad SMARTS) is 1. The van der Waals surface area contributed by atoms with Gasteiger partial charge in [0.05, 0.1) is 17.7 Å². The zero-order valence-electron chi connectivity index (χ0n) is 14.0. The van der Waals surface area contributed by atoms with Gasteiger partial charge >= 0.3 is 5.97 Å². The van der Waals surface area contributed by atoms with Crippen molar-refractivity contribution in [1.29, 1.82) is 0 Å². The molecule has 0 aromatic carbocycles. The lowest BCUT2D eigenvalue weighted by Crippen LogP contribution is -2.30. The third-order valence-corrected chi connectivity index (χ3v) is 4.50. The maximum atomic E-state index is 12.7. The van der Waals surface area contributed by atoms with Gasteiger partial charge in [-0.2, -0.15) is 0 Å². The number of hydrogen-bond donors (Lipinski definition) is 1. The molecule has 2 atom stereocenters. The number of rotatable bonds is 4. The first kappa shape index (κ1) is 16.9. The number of hydrogen-bond acceptors (Lipinski definition) is 5. The minimum Gasteiger partial charge on any atom is -0.481 e. The summed E-state index contributed by atoms with van der Waals surface area (Å²) in [5.74, 6) is -1.54. The third kappa shape index (κ3) is 3.44. The molecule has 1 aliphatic rings. The summed E-state index contributed by atoms with van der Waals surface area (Å²) in [5, 5.41) is 17.2. The van der Waals surface area contributed by atoms with Crippen LogP contribution >= 0.6 is 0 Å². The van der Waals surface area contributed by atoms with Crippen LogP contribution in [0.15, 0.2) is 29.3 Å². The van der Waals surface area contributed by atoms with Crippen LogP contribution < -0.4 is 5.56 Å². The molecule has 1 N–H and O–H groups in total. The number of aryl methyl sites for hydroxylation is 2. The molecule has 9 nitrogen and oxygen atoms in total. The predicted octanol–water partition coefficient (Wildman–Crippen LogP) is -0.156. The first-order valence-corrected chi connectivity index (χ1v) is 7.89. The van der Waals surface area contributed by atoms with Gasteiger partial charge in [-0.3, -0.25) is 19.1 Å². The Morgan fingerprint density at radius 1 is 1.24 bits per heavy atom. The topological polar surface area (TPSA) is 110 Å². The molecule has 1 aliphatic heterocycles. The Bertz CT molecular complexity index is 871. The summed E-state index contributed by atoms with van der Waals surface area (Å²) in [6, 6.07) is 2.84. The van der Waals surface area contributed by atoms with Crippen LogP contribution in [0.2, 0.25) is 0 Å². The Morgan fingerprint density at radius 3 is 2.60 bits per heavy atom. The standard InChI is InChI=1S/C16H19N5O4/c1-19-6-10(3-4-14(19)22)16(25)21-7-11(5-15(23)24)12(8-21)13-9-20(2)18-17-13/h3-4,6,9,11-12H,5,7-8H2,1-2H3,(H,23,24)/t11-,12+/m0/s1. The normalized spacial score (nSPS) is 20.0. The lowest BCUT2D eigenvalue weighted by Gasteiger charge is -2.16. The molecule has 0 bridgehead atoms. The van der Waals surface area contributed by atoms with Crippen LogP contribution in [0.1, 0.15) is 28.4 Å². The monoisotopic (exact) mass is 345 g/mol. The van der Waals surface area contributed by atoms with Crippen LogP contribution in [0, 0.1) is 5.92 Å². The summed E-state index contributed by atoms with van der Waals surface area (Å²) in [4.78, 5) is 37.0. The highest BCUT2D eigenvalue weighted by molar-refractivity contribution is 5.94. The van der Waals surface area contributed by atoms with Crippen LogP contribution in [-0.4, -0.2) is 54.5 Å². The number of aromatic nitrogens is 4. The molecule has 0 spiro atoms. The smallest absolute Gasteiger partial charge is 0.303 e. The van der Waals surface area contributed by atoms with Crippen molar-refractivity contribution < 1.29 is 14.7 Å². The van der Waals surface area contributed by atoms with Crippen molar-refractivity contribution in [1.82, 2.24) is 24.5 Å². The minimum atomic E-state index is -0.907. The maximum Gasteiger partial charge on any atom is 0.303 e. The third-order valence-electron chi connectivity index (χ3n) is 4.50. The van der Waals surface area contributed by atoms with Crippen molar-refractivity contribution in [3.63, 3.8) is 0 Å². The van der Waals surface area contributed by atoms with Crippen molar-refractivity contribution in [2.24, 2.45) is 20.0 Å². The first-order valence-electron chi connectivity index (χ1n) is 7.89. The second-order valence-corrected chi connectivity index (χ2v) is 6.36. The van der Waals surface area contributed by atoms with E-state index in [0.717, 1.165) is 0 Å². The van der Waals surface area contributed by atoms with Crippen molar-refractivity contribution in [2.75, 3.05) is 13.1 Å². The lowest BCUT2D eigenvalue weighted by molar-refractivity contribution is -0.138. The van der Waals surface area contributed by atoms with E-state index in [4.69, 9.17) is 5.11 Å². The quantitative estimate of drug-likeness (QED) is 0.825. The molecule has 0 unspecified atom stereocenters.